The summed E-state index contributed by atoms with van der Waals surface area (Å²) in [7, 11) is 4.75. The number of methoxy groups -OCH3 is 3. The van der Waals surface area contributed by atoms with Crippen molar-refractivity contribution in [2.24, 2.45) is 5.41 Å². The maximum atomic E-state index is 12.6. The lowest BCUT2D eigenvalue weighted by Crippen LogP contribution is -2.40. The normalized spacial score (nSPS) is 13.9. The van der Waals surface area contributed by atoms with E-state index < -0.39 is 5.41 Å². The molecule has 29 heavy (non-hydrogen) atoms. The largest absolute Gasteiger partial charge is 0.497 e. The van der Waals surface area contributed by atoms with Gasteiger partial charge in [-0.15, -0.1) is 0 Å². The average molecular weight is 398 g/mol. The molecule has 2 aromatic carbocycles. The molecule has 1 fully saturated rings. The molecule has 0 aromatic heterocycles. The van der Waals surface area contributed by atoms with E-state index in [9.17, 15) is 9.59 Å². The summed E-state index contributed by atoms with van der Waals surface area (Å²) in [6.07, 6.45) is 1.73. The van der Waals surface area contributed by atoms with E-state index >= 15 is 0 Å². The Labute approximate surface area is 170 Å². The molecule has 0 saturated heterocycles. The monoisotopic (exact) mass is 398 g/mol. The van der Waals surface area contributed by atoms with E-state index in [0.29, 0.717) is 48.7 Å². The summed E-state index contributed by atoms with van der Waals surface area (Å²) in [6, 6.07) is 12.7. The Balaban J connectivity index is 1.53. The Morgan fingerprint density at radius 2 is 1.59 bits per heavy atom. The third-order valence-electron chi connectivity index (χ3n) is 5.11. The number of rotatable bonds is 9. The van der Waals surface area contributed by atoms with E-state index in [1.54, 1.807) is 45.6 Å². The van der Waals surface area contributed by atoms with Crippen LogP contribution < -0.4 is 24.8 Å². The molecule has 154 valence electrons. The highest BCUT2D eigenvalue weighted by atomic mass is 16.5. The van der Waals surface area contributed by atoms with Gasteiger partial charge >= 0.3 is 0 Å². The molecule has 0 heterocycles. The average Bonchev–Trinajstić information content (AvgIpc) is 3.56. The van der Waals surface area contributed by atoms with Crippen LogP contribution in [0.15, 0.2) is 42.5 Å². The van der Waals surface area contributed by atoms with Gasteiger partial charge < -0.3 is 24.8 Å². The van der Waals surface area contributed by atoms with Crippen LogP contribution in [0.5, 0.6) is 17.2 Å². The lowest BCUT2D eigenvalue weighted by Gasteiger charge is -2.16. The maximum Gasteiger partial charge on any atom is 0.240 e. The molecular formula is C22H26N2O5. The van der Waals surface area contributed by atoms with Crippen LogP contribution in [0.2, 0.25) is 0 Å². The zero-order chi connectivity index (χ0) is 20.9. The van der Waals surface area contributed by atoms with Crippen LogP contribution in [0.1, 0.15) is 18.4 Å². The van der Waals surface area contributed by atoms with Crippen LogP contribution in [0.25, 0.3) is 0 Å². The lowest BCUT2D eigenvalue weighted by atomic mass is 10.0. The highest BCUT2D eigenvalue weighted by molar-refractivity contribution is 6.13. The zero-order valence-corrected chi connectivity index (χ0v) is 16.9. The highest BCUT2D eigenvalue weighted by Crippen LogP contribution is 2.46. The minimum Gasteiger partial charge on any atom is -0.497 e. The number of hydrogen-bond donors (Lipinski definition) is 2. The Morgan fingerprint density at radius 1 is 0.897 bits per heavy atom. The van der Waals surface area contributed by atoms with Gasteiger partial charge in [-0.25, -0.2) is 0 Å². The molecule has 0 unspecified atom stereocenters. The van der Waals surface area contributed by atoms with E-state index in [0.717, 1.165) is 5.56 Å². The van der Waals surface area contributed by atoms with Gasteiger partial charge in [0.05, 0.1) is 21.3 Å². The van der Waals surface area contributed by atoms with Gasteiger partial charge in [0.1, 0.15) is 11.2 Å². The summed E-state index contributed by atoms with van der Waals surface area (Å²) in [5, 5.41) is 5.72. The van der Waals surface area contributed by atoms with Crippen molar-refractivity contribution in [3.05, 3.63) is 48.0 Å². The molecule has 0 spiro atoms. The molecule has 0 aliphatic heterocycles. The summed E-state index contributed by atoms with van der Waals surface area (Å²) in [5.74, 6) is 1.51. The van der Waals surface area contributed by atoms with Crippen LogP contribution in [-0.2, 0) is 16.0 Å². The summed E-state index contributed by atoms with van der Waals surface area (Å²) >= 11 is 0. The van der Waals surface area contributed by atoms with Crippen LogP contribution in [0.3, 0.4) is 0 Å². The first-order valence-electron chi connectivity index (χ1n) is 9.47. The van der Waals surface area contributed by atoms with E-state index in [1.807, 2.05) is 18.2 Å². The molecule has 1 saturated carbocycles. The minimum atomic E-state index is -0.975. The van der Waals surface area contributed by atoms with Crippen molar-refractivity contribution in [3.63, 3.8) is 0 Å². The van der Waals surface area contributed by atoms with Crippen molar-refractivity contribution >= 4 is 17.5 Å². The van der Waals surface area contributed by atoms with Crippen LogP contribution in [-0.4, -0.2) is 39.7 Å². The van der Waals surface area contributed by atoms with Gasteiger partial charge in [-0.2, -0.15) is 0 Å². The SMILES string of the molecule is COc1ccc(NC(=O)C2(C(=O)NCCc3ccc(OC)c(OC)c3)CC2)cc1. The van der Waals surface area contributed by atoms with Crippen molar-refractivity contribution in [2.45, 2.75) is 19.3 Å². The third kappa shape index (κ3) is 4.62. The fraction of sp³-hybridized carbons (Fsp3) is 0.364. The molecular weight excluding hydrogens is 372 g/mol. The lowest BCUT2D eigenvalue weighted by molar-refractivity contribution is -0.134. The Kier molecular flexibility index (Phi) is 6.26. The quantitative estimate of drug-likeness (QED) is 0.635. The second-order valence-electron chi connectivity index (χ2n) is 6.96. The molecule has 7 heteroatoms. The standard InChI is InChI=1S/C22H26N2O5/c1-27-17-7-5-16(6-8-17)24-21(26)22(11-12-22)20(25)23-13-10-15-4-9-18(28-2)19(14-15)29-3/h4-9,14H,10-13H2,1-3H3,(H,23,25)(H,24,26). The van der Waals surface area contributed by atoms with E-state index in [-0.39, 0.29) is 11.8 Å². The highest BCUT2D eigenvalue weighted by Gasteiger charge is 2.56. The maximum absolute atomic E-state index is 12.6. The fourth-order valence-electron chi connectivity index (χ4n) is 3.13. The summed E-state index contributed by atoms with van der Waals surface area (Å²) < 4.78 is 15.6. The smallest absolute Gasteiger partial charge is 0.240 e. The molecule has 0 bridgehead atoms. The molecule has 0 atom stereocenters. The second-order valence-corrected chi connectivity index (χ2v) is 6.96. The second kappa shape index (κ2) is 8.86. The summed E-state index contributed by atoms with van der Waals surface area (Å²) in [4.78, 5) is 25.3. The Bertz CT molecular complexity index is 875. The van der Waals surface area contributed by atoms with Crippen molar-refractivity contribution in [1.29, 1.82) is 0 Å². The number of ether oxygens (including phenoxy) is 3. The number of nitrogens with one attached hydrogen (secondary N) is 2. The first kappa shape index (κ1) is 20.5. The molecule has 1 aliphatic rings. The van der Waals surface area contributed by atoms with Crippen LogP contribution >= 0.6 is 0 Å². The number of hydrogen-bond acceptors (Lipinski definition) is 5. The van der Waals surface area contributed by atoms with Gasteiger partial charge in [-0.05, 0) is 61.2 Å². The van der Waals surface area contributed by atoms with Crippen LogP contribution in [0, 0.1) is 5.41 Å². The number of benzene rings is 2. The predicted octanol–water partition coefficient (Wildman–Crippen LogP) is 2.79. The number of amides is 2. The number of carbonyl (C=O) groups is 2. The molecule has 2 aromatic rings. The van der Waals surface area contributed by atoms with E-state index in [1.165, 1.54) is 0 Å². The van der Waals surface area contributed by atoms with Crippen molar-refractivity contribution in [1.82, 2.24) is 5.32 Å². The zero-order valence-electron chi connectivity index (χ0n) is 16.9. The van der Waals surface area contributed by atoms with Gasteiger partial charge in [-0.1, -0.05) is 6.07 Å². The number of carbonyl (C=O) groups excluding carboxylic acids is 2. The molecule has 0 radical (unpaired) electrons. The first-order valence-corrected chi connectivity index (χ1v) is 9.47. The van der Waals surface area contributed by atoms with E-state index in [4.69, 9.17) is 14.2 Å². The summed E-state index contributed by atoms with van der Waals surface area (Å²) in [5.41, 5.74) is 0.674. The summed E-state index contributed by atoms with van der Waals surface area (Å²) in [6.45, 7) is 0.436. The molecule has 2 N–H and O–H groups in total. The Hall–Kier alpha value is -3.22. The molecule has 3 rings (SSSR count). The molecule has 7 nitrogen and oxygen atoms in total. The third-order valence-corrected chi connectivity index (χ3v) is 5.11. The topological polar surface area (TPSA) is 85.9 Å². The fourth-order valence-corrected chi connectivity index (χ4v) is 3.13. The molecule has 1 aliphatic carbocycles. The number of anilines is 1. The van der Waals surface area contributed by atoms with Gasteiger partial charge in [0.25, 0.3) is 0 Å². The Morgan fingerprint density at radius 3 is 2.17 bits per heavy atom. The van der Waals surface area contributed by atoms with Gasteiger partial charge in [0, 0.05) is 12.2 Å². The first-order chi connectivity index (χ1) is 14.0. The van der Waals surface area contributed by atoms with E-state index in [2.05, 4.69) is 10.6 Å². The van der Waals surface area contributed by atoms with Gasteiger partial charge in [-0.3, -0.25) is 9.59 Å². The van der Waals surface area contributed by atoms with Crippen molar-refractivity contribution in [3.8, 4) is 17.2 Å². The van der Waals surface area contributed by atoms with Crippen LogP contribution in [0.4, 0.5) is 5.69 Å². The minimum absolute atomic E-state index is 0.232. The van der Waals surface area contributed by atoms with Crippen molar-refractivity contribution in [2.75, 3.05) is 33.2 Å². The van der Waals surface area contributed by atoms with Gasteiger partial charge in [0.15, 0.2) is 11.5 Å². The molecule has 2 amide bonds. The van der Waals surface area contributed by atoms with Crippen molar-refractivity contribution < 1.29 is 23.8 Å². The predicted molar refractivity (Wildman–Crippen MR) is 110 cm³/mol. The van der Waals surface area contributed by atoms with Gasteiger partial charge in [0.2, 0.25) is 11.8 Å².